The van der Waals surface area contributed by atoms with Crippen LogP contribution in [-0.4, -0.2) is 56.5 Å². The van der Waals surface area contributed by atoms with Crippen molar-refractivity contribution in [1.82, 2.24) is 24.4 Å². The molecule has 1 amide bonds. The largest absolute Gasteiger partial charge is 0.353 e. The molecule has 5 aliphatic rings. The molecular formula is C25H34N6O. The zero-order chi connectivity index (χ0) is 21.9. The van der Waals surface area contributed by atoms with Crippen molar-refractivity contribution in [2.45, 2.75) is 58.8 Å². The third-order valence-electron chi connectivity index (χ3n) is 8.78. The SMILES string of the molecule is Cc1ncn(-c2cc(N3CCN(C(=O)CC45CC6CC(CC(C6)C4)C5)CC3)ncn2)c1C. The van der Waals surface area contributed by atoms with E-state index in [1.807, 2.05) is 23.9 Å². The first kappa shape index (κ1) is 20.2. The van der Waals surface area contributed by atoms with Gasteiger partial charge in [-0.15, -0.1) is 0 Å². The molecule has 0 unspecified atom stereocenters. The summed E-state index contributed by atoms with van der Waals surface area (Å²) in [5.41, 5.74) is 2.43. The van der Waals surface area contributed by atoms with Crippen LogP contribution in [0.1, 0.15) is 56.3 Å². The zero-order valence-electron chi connectivity index (χ0n) is 19.3. The highest BCUT2D eigenvalue weighted by molar-refractivity contribution is 5.77. The Morgan fingerprint density at radius 1 is 0.938 bits per heavy atom. The number of imidazole rings is 1. The molecule has 3 heterocycles. The van der Waals surface area contributed by atoms with E-state index in [2.05, 4.69) is 31.7 Å². The van der Waals surface area contributed by atoms with Crippen LogP contribution in [0.3, 0.4) is 0 Å². The van der Waals surface area contributed by atoms with Crippen molar-refractivity contribution in [1.29, 1.82) is 0 Å². The normalized spacial score (nSPS) is 31.4. The van der Waals surface area contributed by atoms with Crippen molar-refractivity contribution in [3.63, 3.8) is 0 Å². The van der Waals surface area contributed by atoms with Crippen molar-refractivity contribution in [3.05, 3.63) is 30.1 Å². The Balaban J connectivity index is 1.09. The van der Waals surface area contributed by atoms with Gasteiger partial charge in [-0.25, -0.2) is 15.0 Å². The number of rotatable bonds is 4. The quantitative estimate of drug-likeness (QED) is 0.736. The number of carbonyl (C=O) groups excluding carboxylic acids is 1. The second kappa shape index (κ2) is 7.56. The number of carbonyl (C=O) groups is 1. The fourth-order valence-corrected chi connectivity index (χ4v) is 7.50. The summed E-state index contributed by atoms with van der Waals surface area (Å²) in [5, 5.41) is 0. The Hall–Kier alpha value is -2.44. The molecule has 7 heteroatoms. The average molecular weight is 435 g/mol. The molecule has 170 valence electrons. The fraction of sp³-hybridized carbons (Fsp3) is 0.680. The van der Waals surface area contributed by atoms with Gasteiger partial charge in [0.05, 0.1) is 5.69 Å². The molecule has 32 heavy (non-hydrogen) atoms. The van der Waals surface area contributed by atoms with Gasteiger partial charge in [-0.05, 0) is 75.5 Å². The van der Waals surface area contributed by atoms with Crippen LogP contribution in [-0.2, 0) is 4.79 Å². The van der Waals surface area contributed by atoms with Crippen LogP contribution in [0.5, 0.6) is 0 Å². The highest BCUT2D eigenvalue weighted by Gasteiger charge is 2.51. The smallest absolute Gasteiger partial charge is 0.223 e. The van der Waals surface area contributed by atoms with Crippen molar-refractivity contribution < 1.29 is 4.79 Å². The predicted molar refractivity (Wildman–Crippen MR) is 123 cm³/mol. The average Bonchev–Trinajstić information content (AvgIpc) is 3.11. The number of hydrogen-bond donors (Lipinski definition) is 0. The second-order valence-electron chi connectivity index (χ2n) is 11.0. The third-order valence-corrected chi connectivity index (χ3v) is 8.78. The van der Waals surface area contributed by atoms with Crippen LogP contribution < -0.4 is 4.90 Å². The summed E-state index contributed by atoms with van der Waals surface area (Å²) >= 11 is 0. The van der Waals surface area contributed by atoms with Crippen LogP contribution >= 0.6 is 0 Å². The van der Waals surface area contributed by atoms with E-state index in [0.717, 1.165) is 73.4 Å². The van der Waals surface area contributed by atoms with Crippen LogP contribution in [0, 0.1) is 37.0 Å². The molecule has 1 aliphatic heterocycles. The molecule has 2 aromatic rings. The van der Waals surface area contributed by atoms with Crippen molar-refractivity contribution >= 4 is 11.7 Å². The Bertz CT molecular complexity index is 986. The van der Waals surface area contributed by atoms with Gasteiger partial charge in [0.2, 0.25) is 5.91 Å². The van der Waals surface area contributed by atoms with E-state index < -0.39 is 0 Å². The van der Waals surface area contributed by atoms with E-state index in [0.29, 0.717) is 11.3 Å². The summed E-state index contributed by atoms with van der Waals surface area (Å²) in [4.78, 5) is 31.0. The molecule has 0 N–H and O–H groups in total. The topological polar surface area (TPSA) is 67.2 Å². The van der Waals surface area contributed by atoms with Crippen LogP contribution in [0.15, 0.2) is 18.7 Å². The lowest BCUT2D eigenvalue weighted by molar-refractivity contribution is -0.139. The molecule has 0 spiro atoms. The van der Waals surface area contributed by atoms with Gasteiger partial charge in [0.25, 0.3) is 0 Å². The van der Waals surface area contributed by atoms with Crippen molar-refractivity contribution in [2.24, 2.45) is 23.2 Å². The van der Waals surface area contributed by atoms with Gasteiger partial charge in [0.1, 0.15) is 24.3 Å². The molecule has 1 saturated heterocycles. The van der Waals surface area contributed by atoms with E-state index in [-0.39, 0.29) is 0 Å². The number of nitrogens with zero attached hydrogens (tertiary/aromatic N) is 6. The molecule has 7 nitrogen and oxygen atoms in total. The summed E-state index contributed by atoms with van der Waals surface area (Å²) in [6, 6.07) is 2.03. The Morgan fingerprint density at radius 2 is 1.56 bits per heavy atom. The minimum atomic E-state index is 0.325. The minimum absolute atomic E-state index is 0.325. The number of anilines is 1. The molecule has 0 atom stereocenters. The van der Waals surface area contributed by atoms with E-state index in [4.69, 9.17) is 0 Å². The molecule has 4 aliphatic carbocycles. The summed E-state index contributed by atoms with van der Waals surface area (Å²) in [5.74, 6) is 4.86. The first-order valence-corrected chi connectivity index (χ1v) is 12.3. The molecule has 7 rings (SSSR count). The number of aromatic nitrogens is 4. The Kier molecular flexibility index (Phi) is 4.77. The third kappa shape index (κ3) is 3.50. The summed E-state index contributed by atoms with van der Waals surface area (Å²) < 4.78 is 2.01. The standard InChI is InChI=1S/C25H34N6O/c1-17-18(2)31(16-28-17)23-10-22(26-15-27-23)29-3-5-30(6-4-29)24(32)14-25-11-19-7-20(12-25)9-21(8-19)13-25/h10,15-16,19-21H,3-9,11-14H2,1-2H3. The fourth-order valence-electron chi connectivity index (χ4n) is 7.50. The van der Waals surface area contributed by atoms with Gasteiger partial charge in [0, 0.05) is 44.4 Å². The number of amides is 1. The zero-order valence-corrected chi connectivity index (χ0v) is 19.3. The number of piperazine rings is 1. The van der Waals surface area contributed by atoms with Gasteiger partial charge in [-0.1, -0.05) is 0 Å². The van der Waals surface area contributed by atoms with Gasteiger partial charge >= 0.3 is 0 Å². The van der Waals surface area contributed by atoms with E-state index >= 15 is 0 Å². The first-order valence-electron chi connectivity index (χ1n) is 12.3. The highest BCUT2D eigenvalue weighted by Crippen LogP contribution is 2.61. The molecule has 4 bridgehead atoms. The molecule has 0 aromatic carbocycles. The monoisotopic (exact) mass is 434 g/mol. The Labute approximate surface area is 190 Å². The lowest BCUT2D eigenvalue weighted by Gasteiger charge is -2.57. The van der Waals surface area contributed by atoms with Gasteiger partial charge in [-0.2, -0.15) is 0 Å². The van der Waals surface area contributed by atoms with Crippen LogP contribution in [0.25, 0.3) is 5.82 Å². The van der Waals surface area contributed by atoms with Crippen LogP contribution in [0.2, 0.25) is 0 Å². The molecule has 5 fully saturated rings. The first-order chi connectivity index (χ1) is 15.5. The van der Waals surface area contributed by atoms with Gasteiger partial charge < -0.3 is 9.80 Å². The molecule has 0 radical (unpaired) electrons. The van der Waals surface area contributed by atoms with Crippen molar-refractivity contribution in [3.8, 4) is 5.82 Å². The maximum absolute atomic E-state index is 13.3. The highest BCUT2D eigenvalue weighted by atomic mass is 16.2. The van der Waals surface area contributed by atoms with E-state index in [1.54, 1.807) is 6.33 Å². The second-order valence-corrected chi connectivity index (χ2v) is 11.0. The summed E-state index contributed by atoms with van der Waals surface area (Å²) in [6.07, 6.45) is 12.5. The predicted octanol–water partition coefficient (Wildman–Crippen LogP) is 3.53. The maximum Gasteiger partial charge on any atom is 0.223 e. The van der Waals surface area contributed by atoms with E-state index in [9.17, 15) is 4.79 Å². The molecule has 4 saturated carbocycles. The summed E-state index contributed by atoms with van der Waals surface area (Å²) in [6.45, 7) is 7.28. The lowest BCUT2D eigenvalue weighted by atomic mass is 9.49. The Morgan fingerprint density at radius 3 is 2.16 bits per heavy atom. The minimum Gasteiger partial charge on any atom is -0.353 e. The lowest BCUT2D eigenvalue weighted by Crippen LogP contribution is -2.52. The van der Waals surface area contributed by atoms with E-state index in [1.165, 1.54) is 38.5 Å². The van der Waals surface area contributed by atoms with Gasteiger partial charge in [0.15, 0.2) is 0 Å². The number of aryl methyl sites for hydroxylation is 1. The molecular weight excluding hydrogens is 400 g/mol. The van der Waals surface area contributed by atoms with Crippen molar-refractivity contribution in [2.75, 3.05) is 31.1 Å². The maximum atomic E-state index is 13.3. The number of hydrogen-bond acceptors (Lipinski definition) is 5. The summed E-state index contributed by atoms with van der Waals surface area (Å²) in [7, 11) is 0. The van der Waals surface area contributed by atoms with Crippen LogP contribution in [0.4, 0.5) is 5.82 Å². The molecule has 2 aromatic heterocycles. The van der Waals surface area contributed by atoms with Gasteiger partial charge in [-0.3, -0.25) is 9.36 Å².